The maximum Gasteiger partial charge on any atom is 0.164 e. The number of nitrogens with zero attached hydrogens (tertiary/aromatic N) is 3. The molecule has 0 fully saturated rings. The van der Waals surface area contributed by atoms with Crippen molar-refractivity contribution in [3.8, 4) is 45.3 Å². The topological polar surface area (TPSA) is 65.0 Å². The molecule has 0 saturated carbocycles. The predicted molar refractivity (Wildman–Crippen MR) is 176 cm³/mol. The Labute approximate surface area is 252 Å². The van der Waals surface area contributed by atoms with Gasteiger partial charge >= 0.3 is 0 Å². The van der Waals surface area contributed by atoms with E-state index in [0.29, 0.717) is 17.5 Å². The summed E-state index contributed by atoms with van der Waals surface area (Å²) in [6.07, 6.45) is 0. The molecule has 0 aliphatic rings. The van der Waals surface area contributed by atoms with Gasteiger partial charge < -0.3 is 8.83 Å². The number of aromatic nitrogens is 3. The van der Waals surface area contributed by atoms with Crippen molar-refractivity contribution in [2.75, 3.05) is 0 Å². The Kier molecular flexibility index (Phi) is 5.43. The minimum Gasteiger partial charge on any atom is -0.456 e. The van der Waals surface area contributed by atoms with Gasteiger partial charge in [0, 0.05) is 43.8 Å². The molecule has 0 N–H and O–H groups in total. The largest absolute Gasteiger partial charge is 0.456 e. The zero-order valence-electron chi connectivity index (χ0n) is 23.4. The van der Waals surface area contributed by atoms with Crippen LogP contribution in [0.3, 0.4) is 0 Å². The van der Waals surface area contributed by atoms with Crippen LogP contribution in [0, 0.1) is 0 Å². The number of para-hydroxylation sites is 2. The van der Waals surface area contributed by atoms with Crippen molar-refractivity contribution in [2.24, 2.45) is 0 Å². The van der Waals surface area contributed by atoms with Gasteiger partial charge in [0.1, 0.15) is 22.3 Å². The summed E-state index contributed by atoms with van der Waals surface area (Å²) in [5.41, 5.74) is 8.18. The highest BCUT2D eigenvalue weighted by Gasteiger charge is 2.19. The van der Waals surface area contributed by atoms with Gasteiger partial charge in [-0.2, -0.15) is 0 Å². The molecule has 9 rings (SSSR count). The molecule has 0 amide bonds. The van der Waals surface area contributed by atoms with E-state index in [2.05, 4.69) is 36.4 Å². The van der Waals surface area contributed by atoms with Gasteiger partial charge in [-0.3, -0.25) is 0 Å². The van der Waals surface area contributed by atoms with Crippen LogP contribution in [0.5, 0.6) is 0 Å². The molecule has 0 unspecified atom stereocenters. The molecule has 0 aliphatic heterocycles. The fourth-order valence-electron chi connectivity index (χ4n) is 6.09. The van der Waals surface area contributed by atoms with Gasteiger partial charge in [-0.05, 0) is 35.9 Å². The zero-order valence-corrected chi connectivity index (χ0v) is 23.4. The molecule has 0 radical (unpaired) electrons. The smallest absolute Gasteiger partial charge is 0.164 e. The van der Waals surface area contributed by atoms with Crippen molar-refractivity contribution in [2.45, 2.75) is 0 Å². The van der Waals surface area contributed by atoms with Crippen LogP contribution in [-0.2, 0) is 0 Å². The highest BCUT2D eigenvalue weighted by atomic mass is 16.3. The molecule has 0 aliphatic carbocycles. The van der Waals surface area contributed by atoms with E-state index in [1.807, 2.05) is 103 Å². The first-order valence-electron chi connectivity index (χ1n) is 14.5. The first-order chi connectivity index (χ1) is 21.8. The Bertz CT molecular complexity index is 2440. The van der Waals surface area contributed by atoms with Crippen LogP contribution in [0.15, 0.2) is 148 Å². The molecule has 0 saturated heterocycles. The molecule has 5 heteroatoms. The lowest BCUT2D eigenvalue weighted by Crippen LogP contribution is -2.00. The summed E-state index contributed by atoms with van der Waals surface area (Å²) in [4.78, 5) is 14.7. The van der Waals surface area contributed by atoms with Gasteiger partial charge in [0.25, 0.3) is 0 Å². The summed E-state index contributed by atoms with van der Waals surface area (Å²) in [6.45, 7) is 0. The molecule has 206 valence electrons. The maximum absolute atomic E-state index is 6.42. The minimum absolute atomic E-state index is 0.603. The van der Waals surface area contributed by atoms with E-state index < -0.39 is 0 Å². The van der Waals surface area contributed by atoms with Crippen molar-refractivity contribution < 1.29 is 8.83 Å². The molecular weight excluding hydrogens is 542 g/mol. The number of hydrogen-bond acceptors (Lipinski definition) is 5. The van der Waals surface area contributed by atoms with Crippen molar-refractivity contribution >= 4 is 43.9 Å². The number of rotatable bonds is 4. The van der Waals surface area contributed by atoms with Crippen molar-refractivity contribution in [1.82, 2.24) is 15.0 Å². The average Bonchev–Trinajstić information content (AvgIpc) is 3.67. The Morgan fingerprint density at radius 3 is 1.68 bits per heavy atom. The summed E-state index contributed by atoms with van der Waals surface area (Å²) < 4.78 is 12.8. The van der Waals surface area contributed by atoms with Crippen molar-refractivity contribution in [1.29, 1.82) is 0 Å². The molecular formula is C39H23N3O2. The van der Waals surface area contributed by atoms with E-state index in [9.17, 15) is 0 Å². The molecule has 44 heavy (non-hydrogen) atoms. The van der Waals surface area contributed by atoms with Gasteiger partial charge in [0.15, 0.2) is 17.5 Å². The third-order valence-electron chi connectivity index (χ3n) is 8.15. The molecule has 3 heterocycles. The number of fused-ring (bicyclic) bond motifs is 6. The van der Waals surface area contributed by atoms with Crippen LogP contribution >= 0.6 is 0 Å². The molecule has 0 bridgehead atoms. The normalized spacial score (nSPS) is 11.6. The van der Waals surface area contributed by atoms with Crippen LogP contribution in [0.2, 0.25) is 0 Å². The Morgan fingerprint density at radius 2 is 0.932 bits per heavy atom. The summed E-state index contributed by atoms with van der Waals surface area (Å²) >= 11 is 0. The number of benzene rings is 6. The number of hydrogen-bond donors (Lipinski definition) is 0. The summed E-state index contributed by atoms with van der Waals surface area (Å²) in [5.74, 6) is 1.86. The highest BCUT2D eigenvalue weighted by Crippen LogP contribution is 2.42. The lowest BCUT2D eigenvalue weighted by Gasteiger charge is -2.09. The minimum atomic E-state index is 0.603. The maximum atomic E-state index is 6.42. The molecule has 0 atom stereocenters. The van der Waals surface area contributed by atoms with E-state index in [1.165, 1.54) is 0 Å². The lowest BCUT2D eigenvalue weighted by molar-refractivity contribution is 0.668. The predicted octanol–water partition coefficient (Wildman–Crippen LogP) is 10.3. The fraction of sp³-hybridized carbons (Fsp3) is 0. The highest BCUT2D eigenvalue weighted by molar-refractivity contribution is 6.17. The van der Waals surface area contributed by atoms with Crippen LogP contribution in [-0.4, -0.2) is 15.0 Å². The third-order valence-corrected chi connectivity index (χ3v) is 8.15. The Hall–Kier alpha value is -6.07. The van der Waals surface area contributed by atoms with Crippen molar-refractivity contribution in [3.05, 3.63) is 140 Å². The first-order valence-corrected chi connectivity index (χ1v) is 14.5. The van der Waals surface area contributed by atoms with Crippen molar-refractivity contribution in [3.63, 3.8) is 0 Å². The van der Waals surface area contributed by atoms with Gasteiger partial charge in [-0.15, -0.1) is 0 Å². The van der Waals surface area contributed by atoms with Crippen LogP contribution in [0.25, 0.3) is 89.2 Å². The molecule has 6 aromatic carbocycles. The van der Waals surface area contributed by atoms with Crippen LogP contribution in [0.4, 0.5) is 0 Å². The number of furan rings is 2. The fourth-order valence-corrected chi connectivity index (χ4v) is 6.09. The third kappa shape index (κ3) is 3.91. The quantitative estimate of drug-likeness (QED) is 0.212. The summed E-state index contributed by atoms with van der Waals surface area (Å²) in [6, 6.07) is 46.9. The zero-order chi connectivity index (χ0) is 29.0. The van der Waals surface area contributed by atoms with E-state index in [0.717, 1.165) is 71.7 Å². The second-order valence-electron chi connectivity index (χ2n) is 10.8. The van der Waals surface area contributed by atoms with E-state index in [4.69, 9.17) is 23.8 Å². The first kappa shape index (κ1) is 24.5. The summed E-state index contributed by atoms with van der Waals surface area (Å²) in [5, 5.41) is 4.21. The average molecular weight is 566 g/mol. The SMILES string of the molecule is c1ccc(-c2nc(-c3ccccc3)nc(-c3ccc4oc5cccc(-c6cccc7c6oc6ccccc67)c5c4c3)n2)cc1. The summed E-state index contributed by atoms with van der Waals surface area (Å²) in [7, 11) is 0. The molecule has 5 nitrogen and oxygen atoms in total. The second-order valence-corrected chi connectivity index (χ2v) is 10.8. The molecule has 0 spiro atoms. The van der Waals surface area contributed by atoms with Gasteiger partial charge in [-0.25, -0.2) is 15.0 Å². The van der Waals surface area contributed by atoms with Gasteiger partial charge in [0.2, 0.25) is 0 Å². The standard InChI is InChI=1S/C39H23N3O2/c1-3-11-24(12-4-1)37-40-38(25-13-5-2-6-14-25)42-39(41-37)26-21-22-33-31(23-26)35-28(16-10-20-34(35)43-33)30-18-9-17-29-27-15-7-8-19-32(27)44-36(29)30/h1-23H. The van der Waals surface area contributed by atoms with Gasteiger partial charge in [0.05, 0.1) is 0 Å². The Morgan fingerprint density at radius 1 is 0.364 bits per heavy atom. The van der Waals surface area contributed by atoms with Crippen LogP contribution < -0.4 is 0 Å². The molecule has 9 aromatic rings. The van der Waals surface area contributed by atoms with Crippen LogP contribution in [0.1, 0.15) is 0 Å². The van der Waals surface area contributed by atoms with E-state index in [-0.39, 0.29) is 0 Å². The lowest BCUT2D eigenvalue weighted by atomic mass is 9.97. The van der Waals surface area contributed by atoms with Gasteiger partial charge in [-0.1, -0.05) is 109 Å². The van der Waals surface area contributed by atoms with E-state index >= 15 is 0 Å². The van der Waals surface area contributed by atoms with E-state index in [1.54, 1.807) is 0 Å². The Balaban J connectivity index is 1.27. The molecule has 3 aromatic heterocycles. The monoisotopic (exact) mass is 565 g/mol. The second kappa shape index (κ2) is 9.75.